The average Bonchev–Trinajstić information content (AvgIpc) is 2.04. The standard InChI is InChI=1S/C9H10INO/c10-7-5-9(12)11-8-4-2-1-3-6(7)8/h5H,1-4H2,(H,11,12). The van der Waals surface area contributed by atoms with Crippen LogP contribution in [0.5, 0.6) is 0 Å². The van der Waals surface area contributed by atoms with Gasteiger partial charge < -0.3 is 4.98 Å². The second-order valence-electron chi connectivity index (χ2n) is 3.15. The van der Waals surface area contributed by atoms with E-state index in [4.69, 9.17) is 0 Å². The van der Waals surface area contributed by atoms with Gasteiger partial charge in [-0.25, -0.2) is 0 Å². The predicted octanol–water partition coefficient (Wildman–Crippen LogP) is 1.86. The van der Waals surface area contributed by atoms with Crippen molar-refractivity contribution in [2.24, 2.45) is 0 Å². The minimum atomic E-state index is 0.0417. The lowest BCUT2D eigenvalue weighted by Crippen LogP contribution is -2.15. The molecule has 0 saturated heterocycles. The maximum absolute atomic E-state index is 11.1. The normalized spacial score (nSPS) is 15.8. The molecule has 1 heterocycles. The van der Waals surface area contributed by atoms with Gasteiger partial charge in [0.1, 0.15) is 0 Å². The fourth-order valence-electron chi connectivity index (χ4n) is 1.69. The Balaban J connectivity index is 2.60. The van der Waals surface area contributed by atoms with E-state index in [9.17, 15) is 4.79 Å². The van der Waals surface area contributed by atoms with Gasteiger partial charge in [-0.3, -0.25) is 4.79 Å². The molecule has 0 radical (unpaired) electrons. The van der Waals surface area contributed by atoms with Crippen molar-refractivity contribution in [3.05, 3.63) is 31.2 Å². The minimum Gasteiger partial charge on any atom is -0.326 e. The van der Waals surface area contributed by atoms with E-state index >= 15 is 0 Å². The van der Waals surface area contributed by atoms with Crippen molar-refractivity contribution in [3.63, 3.8) is 0 Å². The molecule has 1 aromatic rings. The molecule has 0 spiro atoms. The van der Waals surface area contributed by atoms with E-state index in [1.165, 1.54) is 18.4 Å². The van der Waals surface area contributed by atoms with Crippen LogP contribution in [-0.2, 0) is 12.8 Å². The summed E-state index contributed by atoms with van der Waals surface area (Å²) in [6.07, 6.45) is 4.64. The predicted molar refractivity (Wildman–Crippen MR) is 56.4 cm³/mol. The van der Waals surface area contributed by atoms with Crippen LogP contribution >= 0.6 is 22.6 Å². The zero-order valence-electron chi connectivity index (χ0n) is 6.69. The molecule has 0 atom stereocenters. The summed E-state index contributed by atoms with van der Waals surface area (Å²) in [6, 6.07) is 1.69. The number of aryl methyl sites for hydroxylation is 1. The van der Waals surface area contributed by atoms with E-state index in [-0.39, 0.29) is 5.56 Å². The number of hydrogen-bond donors (Lipinski definition) is 1. The van der Waals surface area contributed by atoms with E-state index in [0.717, 1.165) is 22.1 Å². The number of fused-ring (bicyclic) bond motifs is 1. The summed E-state index contributed by atoms with van der Waals surface area (Å²) < 4.78 is 1.13. The highest BCUT2D eigenvalue weighted by Gasteiger charge is 2.12. The Kier molecular flexibility index (Phi) is 2.21. The highest BCUT2D eigenvalue weighted by atomic mass is 127. The van der Waals surface area contributed by atoms with Crippen LogP contribution in [0.25, 0.3) is 0 Å². The first-order valence-corrected chi connectivity index (χ1v) is 5.26. The number of nitrogens with one attached hydrogen (secondary N) is 1. The Morgan fingerprint density at radius 2 is 2.08 bits per heavy atom. The van der Waals surface area contributed by atoms with Gasteiger partial charge in [0.05, 0.1) is 0 Å². The Bertz CT molecular complexity index is 356. The summed E-state index contributed by atoms with van der Waals surface area (Å²) in [5.41, 5.74) is 2.57. The second kappa shape index (κ2) is 3.20. The number of hydrogen-bond acceptors (Lipinski definition) is 1. The van der Waals surface area contributed by atoms with E-state index in [0.29, 0.717) is 0 Å². The van der Waals surface area contributed by atoms with Crippen molar-refractivity contribution in [2.45, 2.75) is 25.7 Å². The van der Waals surface area contributed by atoms with Crippen molar-refractivity contribution < 1.29 is 0 Å². The Morgan fingerprint density at radius 1 is 1.33 bits per heavy atom. The molecule has 0 aliphatic heterocycles. The molecule has 1 aromatic heterocycles. The van der Waals surface area contributed by atoms with Crippen LogP contribution in [0.1, 0.15) is 24.1 Å². The molecule has 0 unspecified atom stereocenters. The van der Waals surface area contributed by atoms with Gasteiger partial charge >= 0.3 is 0 Å². The van der Waals surface area contributed by atoms with Crippen molar-refractivity contribution in [1.82, 2.24) is 4.98 Å². The summed E-state index contributed by atoms with van der Waals surface area (Å²) >= 11 is 2.25. The molecular weight excluding hydrogens is 265 g/mol. The van der Waals surface area contributed by atoms with Gasteiger partial charge in [0.2, 0.25) is 5.56 Å². The molecule has 2 nitrogen and oxygen atoms in total. The highest BCUT2D eigenvalue weighted by Crippen LogP contribution is 2.22. The number of halogens is 1. The summed E-state index contributed by atoms with van der Waals surface area (Å²) in [5, 5.41) is 0. The molecule has 12 heavy (non-hydrogen) atoms. The van der Waals surface area contributed by atoms with E-state index < -0.39 is 0 Å². The molecular formula is C9H10INO. The first kappa shape index (κ1) is 8.29. The Morgan fingerprint density at radius 3 is 2.92 bits per heavy atom. The first-order chi connectivity index (χ1) is 5.77. The molecule has 0 bridgehead atoms. The highest BCUT2D eigenvalue weighted by molar-refractivity contribution is 14.1. The van der Waals surface area contributed by atoms with Crippen LogP contribution in [-0.4, -0.2) is 4.98 Å². The van der Waals surface area contributed by atoms with Crippen molar-refractivity contribution in [3.8, 4) is 0 Å². The molecule has 2 rings (SSSR count). The molecule has 1 aliphatic carbocycles. The quantitative estimate of drug-likeness (QED) is 0.720. The molecule has 3 heteroatoms. The maximum Gasteiger partial charge on any atom is 0.249 e. The topological polar surface area (TPSA) is 32.9 Å². The van der Waals surface area contributed by atoms with Crippen LogP contribution in [0.15, 0.2) is 10.9 Å². The largest absolute Gasteiger partial charge is 0.326 e. The smallest absolute Gasteiger partial charge is 0.249 e. The molecule has 0 fully saturated rings. The van der Waals surface area contributed by atoms with Gasteiger partial charge in [0.15, 0.2) is 0 Å². The SMILES string of the molecule is O=c1cc(I)c2c([nH]1)CCCC2. The molecule has 0 aromatic carbocycles. The van der Waals surface area contributed by atoms with Crippen molar-refractivity contribution in [1.29, 1.82) is 0 Å². The van der Waals surface area contributed by atoms with Gasteiger partial charge in [-0.15, -0.1) is 0 Å². The fraction of sp³-hybridized carbons (Fsp3) is 0.444. The van der Waals surface area contributed by atoms with E-state index in [1.807, 2.05) is 0 Å². The number of pyridine rings is 1. The van der Waals surface area contributed by atoms with Crippen LogP contribution in [0.4, 0.5) is 0 Å². The fourth-order valence-corrected chi connectivity index (χ4v) is 2.57. The number of rotatable bonds is 0. The second-order valence-corrected chi connectivity index (χ2v) is 4.31. The first-order valence-electron chi connectivity index (χ1n) is 4.18. The van der Waals surface area contributed by atoms with Gasteiger partial charge in [0, 0.05) is 15.3 Å². The summed E-state index contributed by atoms with van der Waals surface area (Å²) in [6.45, 7) is 0. The van der Waals surface area contributed by atoms with E-state index in [2.05, 4.69) is 27.6 Å². The van der Waals surface area contributed by atoms with Crippen molar-refractivity contribution >= 4 is 22.6 Å². The number of H-pyrrole nitrogens is 1. The summed E-state index contributed by atoms with van der Waals surface area (Å²) in [7, 11) is 0. The summed E-state index contributed by atoms with van der Waals surface area (Å²) in [4.78, 5) is 14.0. The number of aromatic amines is 1. The Labute approximate surface area is 84.5 Å². The average molecular weight is 275 g/mol. The van der Waals surface area contributed by atoms with Gasteiger partial charge in [-0.05, 0) is 53.8 Å². The van der Waals surface area contributed by atoms with Crippen LogP contribution in [0, 0.1) is 3.57 Å². The van der Waals surface area contributed by atoms with Crippen LogP contribution in [0.3, 0.4) is 0 Å². The maximum atomic E-state index is 11.1. The minimum absolute atomic E-state index is 0.0417. The molecule has 0 amide bonds. The third kappa shape index (κ3) is 1.42. The molecule has 1 aliphatic rings. The van der Waals surface area contributed by atoms with Gasteiger partial charge in [-0.1, -0.05) is 0 Å². The Hall–Kier alpha value is -0.320. The molecule has 0 saturated carbocycles. The monoisotopic (exact) mass is 275 g/mol. The molecule has 1 N–H and O–H groups in total. The van der Waals surface area contributed by atoms with Crippen LogP contribution < -0.4 is 5.56 Å². The molecule has 64 valence electrons. The third-order valence-electron chi connectivity index (χ3n) is 2.29. The van der Waals surface area contributed by atoms with Gasteiger partial charge in [0.25, 0.3) is 0 Å². The summed E-state index contributed by atoms with van der Waals surface area (Å²) in [5.74, 6) is 0. The van der Waals surface area contributed by atoms with E-state index in [1.54, 1.807) is 6.07 Å². The third-order valence-corrected chi connectivity index (χ3v) is 3.25. The number of aromatic nitrogens is 1. The zero-order valence-corrected chi connectivity index (χ0v) is 8.85. The van der Waals surface area contributed by atoms with Gasteiger partial charge in [-0.2, -0.15) is 0 Å². The van der Waals surface area contributed by atoms with Crippen LogP contribution in [0.2, 0.25) is 0 Å². The lowest BCUT2D eigenvalue weighted by molar-refractivity contribution is 0.662. The zero-order chi connectivity index (χ0) is 8.55. The lowest BCUT2D eigenvalue weighted by atomic mass is 9.96. The lowest BCUT2D eigenvalue weighted by Gasteiger charge is -2.15. The van der Waals surface area contributed by atoms with Crippen molar-refractivity contribution in [2.75, 3.05) is 0 Å².